The third-order valence-corrected chi connectivity index (χ3v) is 4.26. The van der Waals surface area contributed by atoms with Crippen LogP contribution in [0.15, 0.2) is 38.7 Å². The maximum Gasteiger partial charge on any atom is 0.152 e. The molecule has 0 aliphatic carbocycles. The third kappa shape index (κ3) is 3.17. The Bertz CT molecular complexity index is 663. The Morgan fingerprint density at radius 2 is 2.10 bits per heavy atom. The highest BCUT2D eigenvalue weighted by Crippen LogP contribution is 2.31. The zero-order chi connectivity index (χ0) is 14.7. The summed E-state index contributed by atoms with van der Waals surface area (Å²) in [7, 11) is 0. The van der Waals surface area contributed by atoms with Crippen LogP contribution in [0.4, 0.5) is 0 Å². The number of benzene rings is 1. The van der Waals surface area contributed by atoms with Crippen molar-refractivity contribution in [3.05, 3.63) is 45.6 Å². The van der Waals surface area contributed by atoms with Gasteiger partial charge in [-0.05, 0) is 37.6 Å². The lowest BCUT2D eigenvalue weighted by Gasteiger charge is -2.12. The highest BCUT2D eigenvalue weighted by molar-refractivity contribution is 9.10. The molecule has 0 spiro atoms. The van der Waals surface area contributed by atoms with Gasteiger partial charge < -0.3 is 0 Å². The molecular formula is C13H13BrN4OS. The predicted molar refractivity (Wildman–Crippen MR) is 81.5 cm³/mol. The largest absolute Gasteiger partial charge is 0.290 e. The maximum atomic E-state index is 9.00. The van der Waals surface area contributed by atoms with Gasteiger partial charge in [0.15, 0.2) is 5.84 Å². The van der Waals surface area contributed by atoms with E-state index in [0.29, 0.717) is 10.6 Å². The minimum absolute atomic E-state index is 0.0852. The average molecular weight is 353 g/mol. The van der Waals surface area contributed by atoms with Crippen molar-refractivity contribution in [3.8, 4) is 0 Å². The number of nitrogens with one attached hydrogen (secondary N) is 2. The van der Waals surface area contributed by atoms with Crippen molar-refractivity contribution in [3.63, 3.8) is 0 Å². The highest BCUT2D eigenvalue weighted by atomic mass is 79.9. The molecule has 2 rings (SSSR count). The summed E-state index contributed by atoms with van der Waals surface area (Å²) in [6.45, 7) is 3.68. The molecular weight excluding hydrogens is 340 g/mol. The van der Waals surface area contributed by atoms with Gasteiger partial charge in [-0.25, -0.2) is 0 Å². The smallest absolute Gasteiger partial charge is 0.152 e. The number of aryl methyl sites for hydroxylation is 1. The van der Waals surface area contributed by atoms with Crippen LogP contribution in [0.3, 0.4) is 0 Å². The molecule has 7 heteroatoms. The number of halogens is 1. The predicted octanol–water partition coefficient (Wildman–Crippen LogP) is 3.31. The van der Waals surface area contributed by atoms with Gasteiger partial charge in [0.05, 0.1) is 11.3 Å². The fourth-order valence-corrected chi connectivity index (χ4v) is 3.20. The van der Waals surface area contributed by atoms with Gasteiger partial charge in [-0.1, -0.05) is 33.8 Å². The van der Waals surface area contributed by atoms with E-state index in [1.165, 1.54) is 11.8 Å². The summed E-state index contributed by atoms with van der Waals surface area (Å²) in [5, 5.41) is 25.6. The van der Waals surface area contributed by atoms with Crippen molar-refractivity contribution in [2.75, 3.05) is 0 Å². The summed E-state index contributed by atoms with van der Waals surface area (Å²) >= 11 is 4.82. The lowest BCUT2D eigenvalue weighted by atomic mass is 10.1. The topological polar surface area (TPSA) is 81.9 Å². The monoisotopic (exact) mass is 352 g/mol. The Balaban J connectivity index is 2.46. The molecule has 0 bridgehead atoms. The van der Waals surface area contributed by atoms with Gasteiger partial charge in [-0.3, -0.25) is 16.1 Å². The Morgan fingerprint density at radius 3 is 2.75 bits per heavy atom. The van der Waals surface area contributed by atoms with Crippen LogP contribution in [0.1, 0.15) is 16.8 Å². The van der Waals surface area contributed by atoms with Crippen LogP contribution >= 0.6 is 27.7 Å². The molecule has 5 nitrogen and oxygen atoms in total. The molecule has 0 saturated carbocycles. The molecule has 0 fully saturated rings. The van der Waals surface area contributed by atoms with Crippen LogP contribution in [0.5, 0.6) is 0 Å². The molecule has 1 aromatic carbocycles. The Hall–Kier alpha value is -1.44. The molecule has 0 unspecified atom stereocenters. The quantitative estimate of drug-likeness (QED) is 0.448. The van der Waals surface area contributed by atoms with E-state index in [1.807, 2.05) is 43.6 Å². The molecule has 0 amide bonds. The number of hydrogen-bond acceptors (Lipinski definition) is 5. The second-order valence-electron chi connectivity index (χ2n) is 4.14. The fourth-order valence-electron chi connectivity index (χ4n) is 1.65. The maximum absolute atomic E-state index is 9.00. The molecule has 0 aliphatic heterocycles. The summed E-state index contributed by atoms with van der Waals surface area (Å²) in [5.41, 5.74) is 4.00. The van der Waals surface area contributed by atoms with E-state index < -0.39 is 0 Å². The van der Waals surface area contributed by atoms with Crippen LogP contribution < -0.4 is 5.48 Å². The summed E-state index contributed by atoms with van der Waals surface area (Å²) < 4.78 is 0.969. The van der Waals surface area contributed by atoms with E-state index in [2.05, 4.69) is 26.1 Å². The number of hydrogen-bond donors (Lipinski definition) is 3. The number of rotatable bonds is 3. The lowest BCUT2D eigenvalue weighted by Crippen LogP contribution is -2.22. The van der Waals surface area contributed by atoms with Gasteiger partial charge in [0, 0.05) is 9.37 Å². The third-order valence-electron chi connectivity index (χ3n) is 2.79. The van der Waals surface area contributed by atoms with Crippen molar-refractivity contribution in [2.45, 2.75) is 23.8 Å². The molecule has 1 heterocycles. The number of amidine groups is 1. The average Bonchev–Trinajstić information content (AvgIpc) is 2.42. The first-order valence-electron chi connectivity index (χ1n) is 5.79. The Morgan fingerprint density at radius 1 is 1.35 bits per heavy atom. The zero-order valence-electron chi connectivity index (χ0n) is 10.9. The van der Waals surface area contributed by atoms with Crippen molar-refractivity contribution in [1.29, 1.82) is 5.41 Å². The molecule has 0 atom stereocenters. The van der Waals surface area contributed by atoms with E-state index in [9.17, 15) is 0 Å². The fraction of sp³-hybridized carbons (Fsp3) is 0.154. The summed E-state index contributed by atoms with van der Waals surface area (Å²) in [6.07, 6.45) is 0. The van der Waals surface area contributed by atoms with Crippen molar-refractivity contribution >= 4 is 33.5 Å². The SMILES string of the molecule is Cc1nnc(Sc2cccc(Br)c2)c(C(=N)NO)c1C. The minimum atomic E-state index is -0.0852. The van der Waals surface area contributed by atoms with Crippen molar-refractivity contribution in [1.82, 2.24) is 15.7 Å². The molecule has 3 N–H and O–H groups in total. The van der Waals surface area contributed by atoms with Crippen LogP contribution in [0, 0.1) is 19.3 Å². The molecule has 0 radical (unpaired) electrons. The van der Waals surface area contributed by atoms with Crippen LogP contribution in [-0.2, 0) is 0 Å². The summed E-state index contributed by atoms with van der Waals surface area (Å²) in [4.78, 5) is 0.976. The van der Waals surface area contributed by atoms with Crippen molar-refractivity contribution in [2.24, 2.45) is 0 Å². The van der Waals surface area contributed by atoms with Gasteiger partial charge in [-0.15, -0.1) is 5.10 Å². The first kappa shape index (κ1) is 15.0. The first-order chi connectivity index (χ1) is 9.52. The lowest BCUT2D eigenvalue weighted by molar-refractivity contribution is 0.234. The van der Waals surface area contributed by atoms with E-state index in [-0.39, 0.29) is 5.84 Å². The van der Waals surface area contributed by atoms with Crippen LogP contribution in [-0.4, -0.2) is 21.2 Å². The highest BCUT2D eigenvalue weighted by Gasteiger charge is 2.16. The number of nitrogens with zero attached hydrogens (tertiary/aromatic N) is 2. The van der Waals surface area contributed by atoms with E-state index >= 15 is 0 Å². The molecule has 0 saturated heterocycles. The molecule has 2 aromatic rings. The summed E-state index contributed by atoms with van der Waals surface area (Å²) in [5.74, 6) is -0.0852. The second kappa shape index (κ2) is 6.34. The number of hydroxylamine groups is 1. The van der Waals surface area contributed by atoms with E-state index in [1.54, 1.807) is 0 Å². The normalized spacial score (nSPS) is 10.4. The van der Waals surface area contributed by atoms with Gasteiger partial charge in [0.2, 0.25) is 0 Å². The van der Waals surface area contributed by atoms with Crippen LogP contribution in [0.25, 0.3) is 0 Å². The molecule has 104 valence electrons. The van der Waals surface area contributed by atoms with Gasteiger partial charge in [0.1, 0.15) is 5.03 Å². The minimum Gasteiger partial charge on any atom is -0.290 e. The van der Waals surface area contributed by atoms with E-state index in [0.717, 1.165) is 20.6 Å². The van der Waals surface area contributed by atoms with Gasteiger partial charge >= 0.3 is 0 Å². The van der Waals surface area contributed by atoms with Crippen molar-refractivity contribution < 1.29 is 5.21 Å². The molecule has 0 aliphatic rings. The van der Waals surface area contributed by atoms with Gasteiger partial charge in [-0.2, -0.15) is 5.10 Å². The molecule has 1 aromatic heterocycles. The Kier molecular flexibility index (Phi) is 4.74. The molecule has 20 heavy (non-hydrogen) atoms. The first-order valence-corrected chi connectivity index (χ1v) is 7.40. The Labute approximate surface area is 129 Å². The second-order valence-corrected chi connectivity index (χ2v) is 6.11. The number of aromatic nitrogens is 2. The van der Waals surface area contributed by atoms with Gasteiger partial charge in [0.25, 0.3) is 0 Å². The summed E-state index contributed by atoms with van der Waals surface area (Å²) in [6, 6.07) is 7.78. The standard InChI is InChI=1S/C13H13BrN4OS/c1-7-8(2)16-17-13(11(7)12(15)18-19)20-10-5-3-4-9(14)6-10/h3-6,19H,1-2H3,(H2,15,18). The van der Waals surface area contributed by atoms with Crippen LogP contribution in [0.2, 0.25) is 0 Å². The zero-order valence-corrected chi connectivity index (χ0v) is 13.3. The van der Waals surface area contributed by atoms with E-state index in [4.69, 9.17) is 10.6 Å².